The Hall–Kier alpha value is -1.84. The minimum absolute atomic E-state index is 0.0266. The smallest absolute Gasteiger partial charge is 0.429 e. The van der Waals surface area contributed by atoms with E-state index in [2.05, 4.69) is 6.58 Å². The van der Waals surface area contributed by atoms with Crippen LogP contribution in [0.15, 0.2) is 36.9 Å². The lowest BCUT2D eigenvalue weighted by molar-refractivity contribution is 0.0885. The van der Waals surface area contributed by atoms with Crippen LogP contribution in [0.1, 0.15) is 5.56 Å². The molecule has 0 saturated carbocycles. The van der Waals surface area contributed by atoms with E-state index in [1.54, 1.807) is 12.1 Å². The Morgan fingerprint density at radius 1 is 1.53 bits per heavy atom. The van der Waals surface area contributed by atoms with E-state index in [1.165, 1.54) is 18.2 Å². The van der Waals surface area contributed by atoms with E-state index in [0.29, 0.717) is 5.56 Å². The Balaban J connectivity index is 2.43. The van der Waals surface area contributed by atoms with Crippen LogP contribution in [0, 0.1) is 5.82 Å². The molecule has 1 heterocycles. The fourth-order valence-corrected chi connectivity index (χ4v) is 1.49. The fraction of sp³-hybridized carbons (Fsp3) is 0.182. The van der Waals surface area contributed by atoms with Crippen LogP contribution in [0.4, 0.5) is 9.18 Å². The van der Waals surface area contributed by atoms with Crippen LogP contribution in [0.3, 0.4) is 0 Å². The van der Waals surface area contributed by atoms with Gasteiger partial charge in [-0.3, -0.25) is 0 Å². The molecule has 3 nitrogen and oxygen atoms in total. The molecule has 0 spiro atoms. The van der Waals surface area contributed by atoms with Crippen LogP contribution in [-0.2, 0) is 15.1 Å². The lowest BCUT2D eigenvalue weighted by Gasteiger charge is -2.20. The second-order valence-electron chi connectivity index (χ2n) is 3.24. The summed E-state index contributed by atoms with van der Waals surface area (Å²) in [5, 5.41) is 0. The number of halogens is 1. The van der Waals surface area contributed by atoms with E-state index < -0.39 is 17.6 Å². The maximum Gasteiger partial charge on any atom is 0.509 e. The molecule has 78 valence electrons. The third-order valence-electron chi connectivity index (χ3n) is 2.31. The first kappa shape index (κ1) is 9.71. The van der Waals surface area contributed by atoms with Crippen molar-refractivity contribution in [3.8, 4) is 0 Å². The summed E-state index contributed by atoms with van der Waals surface area (Å²) in [7, 11) is 0. The van der Waals surface area contributed by atoms with Gasteiger partial charge in [-0.25, -0.2) is 9.18 Å². The van der Waals surface area contributed by atoms with Crippen molar-refractivity contribution >= 4 is 6.16 Å². The zero-order chi connectivity index (χ0) is 10.9. The maximum atomic E-state index is 13.0. The number of carbonyl (C=O) groups excluding carboxylic acids is 1. The Kier molecular flexibility index (Phi) is 2.19. The number of carbonyl (C=O) groups is 1. The lowest BCUT2D eigenvalue weighted by Crippen LogP contribution is -2.25. The van der Waals surface area contributed by atoms with Crippen molar-refractivity contribution in [3.63, 3.8) is 0 Å². The topological polar surface area (TPSA) is 35.5 Å². The molecular weight excluding hydrogens is 199 g/mol. The molecule has 0 bridgehead atoms. The van der Waals surface area contributed by atoms with Crippen LogP contribution in [0.25, 0.3) is 0 Å². The van der Waals surface area contributed by atoms with Crippen molar-refractivity contribution in [1.29, 1.82) is 0 Å². The van der Waals surface area contributed by atoms with Gasteiger partial charge in [0.1, 0.15) is 12.4 Å². The van der Waals surface area contributed by atoms with Gasteiger partial charge in [-0.05, 0) is 18.2 Å². The van der Waals surface area contributed by atoms with E-state index in [0.717, 1.165) is 0 Å². The standard InChI is InChI=1S/C11H9FO3/c1-2-11(7-14-10(13)15-11)8-4-3-5-9(12)6-8/h2-6H,1,7H2. The quantitative estimate of drug-likeness (QED) is 0.553. The van der Waals surface area contributed by atoms with Crippen molar-refractivity contribution in [2.45, 2.75) is 5.60 Å². The summed E-state index contributed by atoms with van der Waals surface area (Å²) < 4.78 is 22.7. The number of cyclic esters (lactones) is 2. The van der Waals surface area contributed by atoms with Crippen LogP contribution >= 0.6 is 0 Å². The summed E-state index contributed by atoms with van der Waals surface area (Å²) >= 11 is 0. The molecule has 1 aromatic carbocycles. The normalized spacial score (nSPS) is 24.5. The van der Waals surface area contributed by atoms with Gasteiger partial charge in [-0.1, -0.05) is 18.7 Å². The second kappa shape index (κ2) is 3.38. The average Bonchev–Trinajstić information content (AvgIpc) is 2.61. The minimum Gasteiger partial charge on any atom is -0.429 e. The van der Waals surface area contributed by atoms with Gasteiger partial charge in [0.15, 0.2) is 5.60 Å². The molecule has 0 aromatic heterocycles. The lowest BCUT2D eigenvalue weighted by atomic mass is 9.95. The van der Waals surface area contributed by atoms with Gasteiger partial charge in [0, 0.05) is 5.56 Å². The fourth-order valence-electron chi connectivity index (χ4n) is 1.49. The summed E-state index contributed by atoms with van der Waals surface area (Å²) in [6.45, 7) is 3.60. The molecular formula is C11H9FO3. The van der Waals surface area contributed by atoms with E-state index in [1.807, 2.05) is 0 Å². The Morgan fingerprint density at radius 3 is 2.87 bits per heavy atom. The summed E-state index contributed by atoms with van der Waals surface area (Å²) in [6, 6.07) is 5.82. The molecule has 0 N–H and O–H groups in total. The van der Waals surface area contributed by atoms with Gasteiger partial charge in [-0.15, -0.1) is 0 Å². The van der Waals surface area contributed by atoms with E-state index >= 15 is 0 Å². The van der Waals surface area contributed by atoms with E-state index in [9.17, 15) is 9.18 Å². The predicted octanol–water partition coefficient (Wildman–Crippen LogP) is 2.37. The van der Waals surface area contributed by atoms with Gasteiger partial charge < -0.3 is 9.47 Å². The van der Waals surface area contributed by atoms with Gasteiger partial charge in [0.25, 0.3) is 0 Å². The molecule has 0 radical (unpaired) electrons. The first-order valence-electron chi connectivity index (χ1n) is 4.42. The van der Waals surface area contributed by atoms with E-state index in [-0.39, 0.29) is 6.61 Å². The molecule has 0 amide bonds. The Morgan fingerprint density at radius 2 is 2.33 bits per heavy atom. The molecule has 1 aromatic rings. The Labute approximate surface area is 86.1 Å². The van der Waals surface area contributed by atoms with Crippen molar-refractivity contribution < 1.29 is 18.7 Å². The zero-order valence-corrected chi connectivity index (χ0v) is 7.90. The summed E-state index contributed by atoms with van der Waals surface area (Å²) in [4.78, 5) is 10.9. The van der Waals surface area contributed by atoms with Crippen LogP contribution in [0.2, 0.25) is 0 Å². The third-order valence-corrected chi connectivity index (χ3v) is 2.31. The molecule has 1 fully saturated rings. The molecule has 1 unspecified atom stereocenters. The largest absolute Gasteiger partial charge is 0.509 e. The summed E-state index contributed by atoms with van der Waals surface area (Å²) in [5.74, 6) is -0.392. The molecule has 1 aliphatic rings. The highest BCUT2D eigenvalue weighted by molar-refractivity contribution is 5.64. The highest BCUT2D eigenvalue weighted by atomic mass is 19.1. The van der Waals surface area contributed by atoms with E-state index in [4.69, 9.17) is 9.47 Å². The SMILES string of the molecule is C=CC1(c2cccc(F)c2)COC(=O)O1. The summed E-state index contributed by atoms with van der Waals surface area (Å²) in [5.41, 5.74) is -0.539. The van der Waals surface area contributed by atoms with Crippen LogP contribution in [0.5, 0.6) is 0 Å². The highest BCUT2D eigenvalue weighted by Gasteiger charge is 2.41. The van der Waals surface area contributed by atoms with Crippen molar-refractivity contribution in [1.82, 2.24) is 0 Å². The first-order valence-corrected chi connectivity index (χ1v) is 4.42. The molecule has 1 atom stereocenters. The van der Waals surface area contributed by atoms with Crippen molar-refractivity contribution in [3.05, 3.63) is 48.3 Å². The molecule has 1 saturated heterocycles. The van der Waals surface area contributed by atoms with Gasteiger partial charge in [0.05, 0.1) is 0 Å². The zero-order valence-electron chi connectivity index (χ0n) is 7.90. The minimum atomic E-state index is -1.06. The Bertz CT molecular complexity index is 416. The number of hydrogen-bond acceptors (Lipinski definition) is 3. The number of benzene rings is 1. The molecule has 15 heavy (non-hydrogen) atoms. The van der Waals surface area contributed by atoms with Crippen LogP contribution in [-0.4, -0.2) is 12.8 Å². The van der Waals surface area contributed by atoms with Crippen molar-refractivity contribution in [2.24, 2.45) is 0 Å². The number of hydrogen-bond donors (Lipinski definition) is 0. The second-order valence-corrected chi connectivity index (χ2v) is 3.24. The molecule has 1 aliphatic heterocycles. The third kappa shape index (κ3) is 1.58. The summed E-state index contributed by atoms with van der Waals surface area (Å²) in [6.07, 6.45) is 0.673. The average molecular weight is 208 g/mol. The molecule has 4 heteroatoms. The molecule has 2 rings (SSSR count). The number of rotatable bonds is 2. The first-order chi connectivity index (χ1) is 7.16. The van der Waals surface area contributed by atoms with Crippen LogP contribution < -0.4 is 0 Å². The maximum absolute atomic E-state index is 13.0. The highest BCUT2D eigenvalue weighted by Crippen LogP contribution is 2.32. The van der Waals surface area contributed by atoms with Crippen molar-refractivity contribution in [2.75, 3.05) is 6.61 Å². The predicted molar refractivity (Wildman–Crippen MR) is 50.7 cm³/mol. The van der Waals surface area contributed by atoms with Gasteiger partial charge in [0.2, 0.25) is 0 Å². The number of ether oxygens (including phenoxy) is 2. The van der Waals surface area contributed by atoms with Gasteiger partial charge in [-0.2, -0.15) is 0 Å². The van der Waals surface area contributed by atoms with Gasteiger partial charge >= 0.3 is 6.16 Å². The molecule has 0 aliphatic carbocycles. The monoisotopic (exact) mass is 208 g/mol.